The lowest BCUT2D eigenvalue weighted by atomic mass is 9.96. The Balaban J connectivity index is 1.54. The molecule has 1 fully saturated rings. The van der Waals surface area contributed by atoms with Crippen molar-refractivity contribution in [3.8, 4) is 17.2 Å². The van der Waals surface area contributed by atoms with Crippen molar-refractivity contribution >= 4 is 26.8 Å². The van der Waals surface area contributed by atoms with Crippen LogP contribution in [0.15, 0.2) is 65.7 Å². The molecule has 1 aliphatic carbocycles. The van der Waals surface area contributed by atoms with Crippen LogP contribution in [-0.2, 0) is 10.0 Å². The van der Waals surface area contributed by atoms with Gasteiger partial charge in [0.2, 0.25) is 0 Å². The zero-order valence-electron chi connectivity index (χ0n) is 18.1. The standard InChI is InChI=1S/C25H19FN4O3S/c1-15-22(11-18(12-23(15)26)25(31)29-20-5-6-20)17-4-9-24-19(10-17)14-28-30(24)34(32,33)21-7-2-16(13-27)3-8-21/h2-4,7-12,14,20H,5-6H2,1H3,(H,29,31). The molecular weight excluding hydrogens is 455 g/mol. The van der Waals surface area contributed by atoms with E-state index in [1.165, 1.54) is 36.5 Å². The van der Waals surface area contributed by atoms with E-state index in [9.17, 15) is 17.6 Å². The maximum Gasteiger partial charge on any atom is 0.283 e. The number of rotatable bonds is 5. The third-order valence-corrected chi connectivity index (χ3v) is 7.49. The lowest BCUT2D eigenvalue weighted by molar-refractivity contribution is 0.0950. The van der Waals surface area contributed by atoms with Gasteiger partial charge < -0.3 is 5.32 Å². The van der Waals surface area contributed by atoms with E-state index in [1.54, 1.807) is 31.2 Å². The molecule has 9 heteroatoms. The molecule has 3 aromatic carbocycles. The van der Waals surface area contributed by atoms with E-state index < -0.39 is 15.8 Å². The number of nitrogens with zero attached hydrogens (tertiary/aromatic N) is 3. The van der Waals surface area contributed by atoms with Crippen LogP contribution in [0.1, 0.15) is 34.3 Å². The minimum absolute atomic E-state index is 0.00729. The Morgan fingerprint density at radius 1 is 1.15 bits per heavy atom. The van der Waals surface area contributed by atoms with E-state index >= 15 is 0 Å². The zero-order chi connectivity index (χ0) is 24.0. The fourth-order valence-corrected chi connectivity index (χ4v) is 5.05. The summed E-state index contributed by atoms with van der Waals surface area (Å²) < 4.78 is 41.8. The van der Waals surface area contributed by atoms with Gasteiger partial charge >= 0.3 is 0 Å². The Hall–Kier alpha value is -4.03. The van der Waals surface area contributed by atoms with Crippen LogP contribution in [0.5, 0.6) is 0 Å². The lowest BCUT2D eigenvalue weighted by Crippen LogP contribution is -2.25. The number of benzene rings is 3. The summed E-state index contributed by atoms with van der Waals surface area (Å²) in [7, 11) is -3.98. The number of fused-ring (bicyclic) bond motifs is 1. The molecule has 1 heterocycles. The Morgan fingerprint density at radius 2 is 1.88 bits per heavy atom. The first-order valence-electron chi connectivity index (χ1n) is 10.6. The van der Waals surface area contributed by atoms with Gasteiger partial charge in [-0.1, -0.05) is 6.07 Å². The first-order chi connectivity index (χ1) is 16.3. The Labute approximate surface area is 195 Å². The Bertz CT molecular complexity index is 1600. The molecule has 1 aliphatic rings. The number of nitrogens with one attached hydrogen (secondary N) is 1. The van der Waals surface area contributed by atoms with Crippen molar-refractivity contribution in [2.75, 3.05) is 0 Å². The normalized spacial score (nSPS) is 13.6. The largest absolute Gasteiger partial charge is 0.349 e. The van der Waals surface area contributed by atoms with Crippen LogP contribution in [0.25, 0.3) is 22.0 Å². The highest BCUT2D eigenvalue weighted by molar-refractivity contribution is 7.90. The van der Waals surface area contributed by atoms with Crippen molar-refractivity contribution < 1.29 is 17.6 Å². The summed E-state index contributed by atoms with van der Waals surface area (Å²) in [5.41, 5.74) is 2.52. The summed E-state index contributed by atoms with van der Waals surface area (Å²) in [5, 5.41) is 16.4. The first-order valence-corrected chi connectivity index (χ1v) is 12.1. The first kappa shape index (κ1) is 21.8. The van der Waals surface area contributed by atoms with Crippen LogP contribution in [0.3, 0.4) is 0 Å². The van der Waals surface area contributed by atoms with Crippen LogP contribution >= 0.6 is 0 Å². The van der Waals surface area contributed by atoms with Crippen LogP contribution < -0.4 is 5.32 Å². The highest BCUT2D eigenvalue weighted by atomic mass is 32.2. The maximum absolute atomic E-state index is 14.7. The quantitative estimate of drug-likeness (QED) is 0.468. The van der Waals surface area contributed by atoms with Crippen LogP contribution in [0, 0.1) is 24.1 Å². The molecule has 4 aromatic rings. The molecule has 1 N–H and O–H groups in total. The molecule has 170 valence electrons. The van der Waals surface area contributed by atoms with Gasteiger partial charge in [0.25, 0.3) is 15.9 Å². The van der Waals surface area contributed by atoms with Gasteiger partial charge in [-0.15, -0.1) is 0 Å². The van der Waals surface area contributed by atoms with Crippen molar-refractivity contribution in [2.45, 2.75) is 30.7 Å². The van der Waals surface area contributed by atoms with Crippen molar-refractivity contribution in [3.63, 3.8) is 0 Å². The molecule has 0 radical (unpaired) electrons. The summed E-state index contributed by atoms with van der Waals surface area (Å²) in [6.45, 7) is 1.64. The minimum Gasteiger partial charge on any atom is -0.349 e. The molecule has 5 rings (SSSR count). The smallest absolute Gasteiger partial charge is 0.283 e. The number of amides is 1. The van der Waals surface area contributed by atoms with Gasteiger partial charge in [0.05, 0.1) is 28.2 Å². The topological polar surface area (TPSA) is 105 Å². The third kappa shape index (κ3) is 3.82. The van der Waals surface area contributed by atoms with E-state index in [-0.39, 0.29) is 22.4 Å². The van der Waals surface area contributed by atoms with E-state index in [2.05, 4.69) is 10.4 Å². The van der Waals surface area contributed by atoms with Gasteiger partial charge in [-0.25, -0.2) is 4.39 Å². The van der Waals surface area contributed by atoms with Crippen molar-refractivity contribution in [1.82, 2.24) is 14.5 Å². The van der Waals surface area contributed by atoms with E-state index in [4.69, 9.17) is 5.26 Å². The van der Waals surface area contributed by atoms with E-state index in [1.807, 2.05) is 6.07 Å². The summed E-state index contributed by atoms with van der Waals surface area (Å²) >= 11 is 0. The van der Waals surface area contributed by atoms with E-state index in [0.29, 0.717) is 33.2 Å². The lowest BCUT2D eigenvalue weighted by Gasteiger charge is -2.12. The van der Waals surface area contributed by atoms with Crippen molar-refractivity contribution in [1.29, 1.82) is 5.26 Å². The molecule has 1 amide bonds. The minimum atomic E-state index is -3.98. The van der Waals surface area contributed by atoms with Gasteiger partial charge in [0.1, 0.15) is 5.82 Å². The van der Waals surface area contributed by atoms with Gasteiger partial charge in [-0.3, -0.25) is 4.79 Å². The average Bonchev–Trinajstić information content (AvgIpc) is 3.54. The number of hydrogen-bond acceptors (Lipinski definition) is 5. The van der Waals surface area contributed by atoms with Crippen molar-refractivity contribution in [3.05, 3.63) is 83.3 Å². The molecule has 34 heavy (non-hydrogen) atoms. The SMILES string of the molecule is Cc1c(F)cc(C(=O)NC2CC2)cc1-c1ccc2c(cnn2S(=O)(=O)c2ccc(C#N)cc2)c1. The molecule has 0 spiro atoms. The van der Waals surface area contributed by atoms with Crippen molar-refractivity contribution in [2.24, 2.45) is 0 Å². The summed E-state index contributed by atoms with van der Waals surface area (Å²) in [6.07, 6.45) is 3.29. The molecule has 0 saturated heterocycles. The summed E-state index contributed by atoms with van der Waals surface area (Å²) in [5.74, 6) is -0.803. The number of carbonyl (C=O) groups is 1. The Kier molecular flexibility index (Phi) is 5.18. The van der Waals surface area contributed by atoms with Crippen LogP contribution in [0.4, 0.5) is 4.39 Å². The third-order valence-electron chi connectivity index (χ3n) is 5.87. The van der Waals surface area contributed by atoms with Gasteiger partial charge in [-0.05, 0) is 85.0 Å². The van der Waals surface area contributed by atoms with Crippen LogP contribution in [-0.4, -0.2) is 29.6 Å². The number of nitriles is 1. The molecule has 0 unspecified atom stereocenters. The number of aromatic nitrogens is 2. The number of halogens is 1. The molecule has 1 aromatic heterocycles. The monoisotopic (exact) mass is 474 g/mol. The molecule has 0 atom stereocenters. The molecular formula is C25H19FN4O3S. The van der Waals surface area contributed by atoms with Crippen LogP contribution in [0.2, 0.25) is 0 Å². The second-order valence-corrected chi connectivity index (χ2v) is 10.0. The molecule has 0 bridgehead atoms. The fourth-order valence-electron chi connectivity index (χ4n) is 3.78. The average molecular weight is 475 g/mol. The fraction of sp³-hybridized carbons (Fsp3) is 0.160. The van der Waals surface area contributed by atoms with Gasteiger partial charge in [0.15, 0.2) is 0 Å². The maximum atomic E-state index is 14.7. The predicted octanol–water partition coefficient (Wildman–Crippen LogP) is 4.15. The predicted molar refractivity (Wildman–Crippen MR) is 124 cm³/mol. The molecule has 7 nitrogen and oxygen atoms in total. The second kappa shape index (κ2) is 8.08. The second-order valence-electron chi connectivity index (χ2n) is 8.28. The highest BCUT2D eigenvalue weighted by Crippen LogP contribution is 2.31. The Morgan fingerprint density at radius 3 is 2.56 bits per heavy atom. The molecule has 1 saturated carbocycles. The molecule has 0 aliphatic heterocycles. The van der Waals surface area contributed by atoms with E-state index in [0.717, 1.165) is 16.9 Å². The van der Waals surface area contributed by atoms with Gasteiger partial charge in [0, 0.05) is 17.0 Å². The number of hydrogen-bond donors (Lipinski definition) is 1. The number of carbonyl (C=O) groups excluding carboxylic acids is 1. The zero-order valence-corrected chi connectivity index (χ0v) is 18.9. The highest BCUT2D eigenvalue weighted by Gasteiger charge is 2.25. The van der Waals surface area contributed by atoms with Gasteiger partial charge in [-0.2, -0.15) is 22.9 Å². The summed E-state index contributed by atoms with van der Waals surface area (Å²) in [6, 6.07) is 15.6. The summed E-state index contributed by atoms with van der Waals surface area (Å²) in [4.78, 5) is 12.5.